The van der Waals surface area contributed by atoms with Crippen molar-refractivity contribution in [3.63, 3.8) is 0 Å². The summed E-state index contributed by atoms with van der Waals surface area (Å²) in [5, 5.41) is 0. The third-order valence-electron chi connectivity index (χ3n) is 2.65. The standard InChI is InChI=1S/C12H12O3S/c1-3-7-4-9-10(13)6-16-11(9)5-8(7)12(14)15-2/h4-5H,3,6H2,1-2H3. The van der Waals surface area contributed by atoms with Gasteiger partial charge in [-0.15, -0.1) is 11.8 Å². The van der Waals surface area contributed by atoms with Crippen LogP contribution in [0.2, 0.25) is 0 Å². The molecule has 0 radical (unpaired) electrons. The Bertz CT molecular complexity index is 466. The fourth-order valence-corrected chi connectivity index (χ4v) is 2.75. The van der Waals surface area contributed by atoms with Gasteiger partial charge in [0.05, 0.1) is 18.4 Å². The van der Waals surface area contributed by atoms with E-state index < -0.39 is 0 Å². The zero-order valence-corrected chi connectivity index (χ0v) is 10.0. The Morgan fingerprint density at radius 3 is 2.88 bits per heavy atom. The lowest BCUT2D eigenvalue weighted by Crippen LogP contribution is -2.07. The largest absolute Gasteiger partial charge is 0.465 e. The van der Waals surface area contributed by atoms with Crippen LogP contribution in [0.4, 0.5) is 0 Å². The smallest absolute Gasteiger partial charge is 0.338 e. The van der Waals surface area contributed by atoms with E-state index in [1.54, 1.807) is 6.07 Å². The van der Waals surface area contributed by atoms with E-state index in [4.69, 9.17) is 4.74 Å². The number of hydrogen-bond acceptors (Lipinski definition) is 4. The van der Waals surface area contributed by atoms with E-state index in [9.17, 15) is 9.59 Å². The lowest BCUT2D eigenvalue weighted by Gasteiger charge is -2.08. The van der Waals surface area contributed by atoms with Crippen molar-refractivity contribution in [2.24, 2.45) is 0 Å². The highest BCUT2D eigenvalue weighted by Crippen LogP contribution is 2.33. The molecule has 1 aromatic carbocycles. The maximum absolute atomic E-state index is 11.6. The van der Waals surface area contributed by atoms with Crippen LogP contribution in [0.25, 0.3) is 0 Å². The van der Waals surface area contributed by atoms with E-state index in [0.29, 0.717) is 11.3 Å². The van der Waals surface area contributed by atoms with Gasteiger partial charge in [-0.2, -0.15) is 0 Å². The van der Waals surface area contributed by atoms with Crippen LogP contribution < -0.4 is 0 Å². The minimum Gasteiger partial charge on any atom is -0.465 e. The number of aryl methyl sites for hydroxylation is 1. The number of thioether (sulfide) groups is 1. The quantitative estimate of drug-likeness (QED) is 0.739. The Kier molecular flexibility index (Phi) is 3.01. The van der Waals surface area contributed by atoms with Crippen LogP contribution in [-0.4, -0.2) is 24.6 Å². The van der Waals surface area contributed by atoms with Gasteiger partial charge < -0.3 is 4.74 Å². The third-order valence-corrected chi connectivity index (χ3v) is 3.71. The molecule has 0 aliphatic carbocycles. The summed E-state index contributed by atoms with van der Waals surface area (Å²) in [5.41, 5.74) is 2.20. The molecule has 0 spiro atoms. The molecule has 3 nitrogen and oxygen atoms in total. The average Bonchev–Trinajstić information content (AvgIpc) is 2.68. The summed E-state index contributed by atoms with van der Waals surface area (Å²) in [5.74, 6) is 0.286. The molecule has 0 saturated heterocycles. The molecule has 1 aliphatic rings. The third kappa shape index (κ3) is 1.73. The Balaban J connectivity index is 2.55. The topological polar surface area (TPSA) is 43.4 Å². The van der Waals surface area contributed by atoms with Gasteiger partial charge in [0.25, 0.3) is 0 Å². The van der Waals surface area contributed by atoms with Crippen molar-refractivity contribution in [3.8, 4) is 0 Å². The van der Waals surface area contributed by atoms with Crippen molar-refractivity contribution in [3.05, 3.63) is 28.8 Å². The van der Waals surface area contributed by atoms with Gasteiger partial charge in [0.2, 0.25) is 0 Å². The van der Waals surface area contributed by atoms with Crippen LogP contribution in [0.3, 0.4) is 0 Å². The predicted molar refractivity (Wildman–Crippen MR) is 62.2 cm³/mol. The molecule has 0 atom stereocenters. The molecule has 16 heavy (non-hydrogen) atoms. The van der Waals surface area contributed by atoms with Crippen molar-refractivity contribution >= 4 is 23.5 Å². The van der Waals surface area contributed by atoms with Crippen LogP contribution in [0, 0.1) is 0 Å². The molecule has 0 fully saturated rings. The summed E-state index contributed by atoms with van der Waals surface area (Å²) < 4.78 is 4.73. The number of esters is 1. The summed E-state index contributed by atoms with van der Waals surface area (Å²) in [7, 11) is 1.37. The van der Waals surface area contributed by atoms with Crippen LogP contribution in [0.1, 0.15) is 33.2 Å². The van der Waals surface area contributed by atoms with Gasteiger partial charge in [0, 0.05) is 10.5 Å². The number of ketones is 1. The van der Waals surface area contributed by atoms with Crippen molar-refractivity contribution in [1.82, 2.24) is 0 Å². The minimum atomic E-state index is -0.334. The van der Waals surface area contributed by atoms with E-state index in [2.05, 4.69) is 0 Å². The Labute approximate surface area is 98.2 Å². The van der Waals surface area contributed by atoms with E-state index in [1.807, 2.05) is 13.0 Å². The van der Waals surface area contributed by atoms with Crippen LogP contribution in [0.15, 0.2) is 17.0 Å². The summed E-state index contributed by atoms with van der Waals surface area (Å²) in [4.78, 5) is 24.0. The number of benzene rings is 1. The van der Waals surface area contributed by atoms with E-state index in [0.717, 1.165) is 22.4 Å². The second kappa shape index (κ2) is 4.29. The van der Waals surface area contributed by atoms with E-state index >= 15 is 0 Å². The highest BCUT2D eigenvalue weighted by molar-refractivity contribution is 8.00. The fraction of sp³-hybridized carbons (Fsp3) is 0.333. The molecule has 0 unspecified atom stereocenters. The van der Waals surface area contributed by atoms with Crippen molar-refractivity contribution < 1.29 is 14.3 Å². The van der Waals surface area contributed by atoms with Crippen molar-refractivity contribution in [2.45, 2.75) is 18.2 Å². The molecule has 4 heteroatoms. The first-order chi connectivity index (χ1) is 7.67. The lowest BCUT2D eigenvalue weighted by molar-refractivity contribution is 0.0599. The Morgan fingerprint density at radius 1 is 1.50 bits per heavy atom. The first-order valence-electron chi connectivity index (χ1n) is 5.08. The first kappa shape index (κ1) is 11.2. The molecular weight excluding hydrogens is 224 g/mol. The second-order valence-electron chi connectivity index (χ2n) is 3.56. The maximum Gasteiger partial charge on any atom is 0.338 e. The normalized spacial score (nSPS) is 13.8. The van der Waals surface area contributed by atoms with Crippen LogP contribution in [0.5, 0.6) is 0 Å². The number of Topliss-reactive ketones (excluding diaryl/α,β-unsaturated/α-hetero) is 1. The number of rotatable bonds is 2. The van der Waals surface area contributed by atoms with Gasteiger partial charge >= 0.3 is 5.97 Å². The number of methoxy groups -OCH3 is 1. The molecule has 1 heterocycles. The molecule has 0 N–H and O–H groups in total. The first-order valence-corrected chi connectivity index (χ1v) is 6.07. The molecule has 2 rings (SSSR count). The molecular formula is C12H12O3S. The summed E-state index contributed by atoms with van der Waals surface area (Å²) in [6, 6.07) is 3.60. The lowest BCUT2D eigenvalue weighted by atomic mass is 10.0. The highest BCUT2D eigenvalue weighted by atomic mass is 32.2. The Morgan fingerprint density at radius 2 is 2.25 bits per heavy atom. The monoisotopic (exact) mass is 236 g/mol. The molecule has 0 aromatic heterocycles. The summed E-state index contributed by atoms with van der Waals surface area (Å²) in [6.07, 6.45) is 0.718. The van der Waals surface area contributed by atoms with Gasteiger partial charge in [-0.05, 0) is 24.1 Å². The number of carbonyl (C=O) groups is 2. The molecule has 0 amide bonds. The van der Waals surface area contributed by atoms with Gasteiger partial charge in [-0.1, -0.05) is 6.92 Å². The zero-order chi connectivity index (χ0) is 11.7. The predicted octanol–water partition coefficient (Wildman–Crippen LogP) is 2.32. The molecule has 1 aliphatic heterocycles. The fourth-order valence-electron chi connectivity index (χ4n) is 1.78. The SMILES string of the molecule is CCc1cc2c(cc1C(=O)OC)SCC2=O. The van der Waals surface area contributed by atoms with Crippen LogP contribution in [-0.2, 0) is 11.2 Å². The minimum absolute atomic E-state index is 0.145. The number of hydrogen-bond donors (Lipinski definition) is 0. The Hall–Kier alpha value is -1.29. The second-order valence-corrected chi connectivity index (χ2v) is 4.58. The van der Waals surface area contributed by atoms with E-state index in [-0.39, 0.29) is 11.8 Å². The number of ether oxygens (including phenoxy) is 1. The van der Waals surface area contributed by atoms with E-state index in [1.165, 1.54) is 18.9 Å². The maximum atomic E-state index is 11.6. The van der Waals surface area contributed by atoms with Gasteiger partial charge in [0.1, 0.15) is 0 Å². The van der Waals surface area contributed by atoms with Gasteiger partial charge in [-0.25, -0.2) is 4.79 Å². The zero-order valence-electron chi connectivity index (χ0n) is 9.20. The van der Waals surface area contributed by atoms with Crippen molar-refractivity contribution in [2.75, 3.05) is 12.9 Å². The number of fused-ring (bicyclic) bond motifs is 1. The molecule has 0 bridgehead atoms. The highest BCUT2D eigenvalue weighted by Gasteiger charge is 2.24. The van der Waals surface area contributed by atoms with Crippen LogP contribution >= 0.6 is 11.8 Å². The number of carbonyl (C=O) groups excluding carboxylic acids is 2. The van der Waals surface area contributed by atoms with Crippen molar-refractivity contribution in [1.29, 1.82) is 0 Å². The average molecular weight is 236 g/mol. The molecule has 1 aromatic rings. The molecule has 84 valence electrons. The summed E-state index contributed by atoms with van der Waals surface area (Å²) >= 11 is 1.48. The van der Waals surface area contributed by atoms with Gasteiger partial charge in [-0.3, -0.25) is 4.79 Å². The van der Waals surface area contributed by atoms with Gasteiger partial charge in [0.15, 0.2) is 5.78 Å². The summed E-state index contributed by atoms with van der Waals surface area (Å²) in [6.45, 7) is 1.96. The molecule has 0 saturated carbocycles.